The van der Waals surface area contributed by atoms with Gasteiger partial charge in [-0.25, -0.2) is 0 Å². The minimum Gasteiger partial charge on any atom is -0.493 e. The van der Waals surface area contributed by atoms with Gasteiger partial charge in [-0.05, 0) is 64.4 Å². The van der Waals surface area contributed by atoms with Crippen molar-refractivity contribution < 1.29 is 14.3 Å². The molecule has 1 N–H and O–H groups in total. The van der Waals surface area contributed by atoms with E-state index in [1.54, 1.807) is 13.2 Å². The number of rotatable bonds is 5. The van der Waals surface area contributed by atoms with Crippen LogP contribution in [0.3, 0.4) is 0 Å². The molecular weight excluding hydrogens is 481 g/mol. The molecule has 0 spiro atoms. The van der Waals surface area contributed by atoms with Gasteiger partial charge in [-0.3, -0.25) is 4.79 Å². The monoisotopic (exact) mass is 497 g/mol. The van der Waals surface area contributed by atoms with Crippen LogP contribution in [0.5, 0.6) is 11.5 Å². The number of amides is 1. The highest BCUT2D eigenvalue weighted by molar-refractivity contribution is 14.1. The fourth-order valence-corrected chi connectivity index (χ4v) is 4.28. The Labute approximate surface area is 175 Å². The summed E-state index contributed by atoms with van der Waals surface area (Å²) in [5.41, 5.74) is 3.17. The molecule has 3 rings (SSSR count). The molecule has 0 unspecified atom stereocenters. The third-order valence-electron chi connectivity index (χ3n) is 3.82. The first-order valence-electron chi connectivity index (χ1n) is 7.77. The summed E-state index contributed by atoms with van der Waals surface area (Å²) in [6.45, 7) is 2.52. The third kappa shape index (κ3) is 4.39. The lowest BCUT2D eigenvalue weighted by Crippen LogP contribution is -2.17. The molecule has 2 aromatic rings. The smallest absolute Gasteiger partial charge is 0.263 e. The summed E-state index contributed by atoms with van der Waals surface area (Å²) >= 11 is 8.49. The molecule has 1 heterocycles. The van der Waals surface area contributed by atoms with Crippen LogP contribution in [0.1, 0.15) is 16.7 Å². The normalized spacial score (nSPS) is 15.3. The van der Waals surface area contributed by atoms with Gasteiger partial charge in [-0.15, -0.1) is 0 Å². The number of hydrogen-bond donors (Lipinski definition) is 1. The second kappa shape index (κ2) is 8.41. The van der Waals surface area contributed by atoms with Crippen LogP contribution in [-0.2, 0) is 11.4 Å². The molecule has 1 aliphatic rings. The van der Waals surface area contributed by atoms with Crippen molar-refractivity contribution in [2.75, 3.05) is 7.11 Å². The number of ether oxygens (including phenoxy) is 2. The number of carbonyl (C=O) groups excluding carboxylic acids is 1. The van der Waals surface area contributed by atoms with Crippen LogP contribution in [0, 0.1) is 10.5 Å². The minimum absolute atomic E-state index is 0.172. The molecule has 1 aliphatic heterocycles. The Morgan fingerprint density at radius 2 is 2.08 bits per heavy atom. The van der Waals surface area contributed by atoms with Gasteiger partial charge in [-0.2, -0.15) is 0 Å². The van der Waals surface area contributed by atoms with Crippen molar-refractivity contribution >= 4 is 62.9 Å². The van der Waals surface area contributed by atoms with Crippen LogP contribution in [0.15, 0.2) is 41.3 Å². The van der Waals surface area contributed by atoms with Crippen molar-refractivity contribution in [2.45, 2.75) is 13.5 Å². The molecule has 0 radical (unpaired) electrons. The number of aryl methyl sites for hydroxylation is 1. The molecule has 7 heteroatoms. The predicted octanol–water partition coefficient (Wildman–Crippen LogP) is 4.68. The molecular formula is C19H16INO3S2. The Balaban J connectivity index is 1.86. The second-order valence-corrected chi connectivity index (χ2v) is 8.48. The lowest BCUT2D eigenvalue weighted by atomic mass is 10.1. The van der Waals surface area contributed by atoms with Gasteiger partial charge < -0.3 is 14.8 Å². The molecule has 0 saturated carbocycles. The summed E-state index contributed by atoms with van der Waals surface area (Å²) in [6.07, 6.45) is 1.80. The Morgan fingerprint density at radius 1 is 1.31 bits per heavy atom. The summed E-state index contributed by atoms with van der Waals surface area (Å²) in [5.74, 6) is 1.15. The lowest BCUT2D eigenvalue weighted by molar-refractivity contribution is -0.115. The summed E-state index contributed by atoms with van der Waals surface area (Å²) in [6, 6.07) is 11.9. The number of thiocarbonyl (C=S) groups is 1. The maximum Gasteiger partial charge on any atom is 0.263 e. The van der Waals surface area contributed by atoms with Crippen molar-refractivity contribution in [2.24, 2.45) is 0 Å². The fourth-order valence-electron chi connectivity index (χ4n) is 2.46. The Kier molecular flexibility index (Phi) is 6.20. The van der Waals surface area contributed by atoms with Crippen molar-refractivity contribution in [1.82, 2.24) is 5.32 Å². The molecule has 0 bridgehead atoms. The number of nitrogens with one attached hydrogen (secondary N) is 1. The molecule has 1 saturated heterocycles. The number of halogens is 1. The van der Waals surface area contributed by atoms with Crippen LogP contribution in [-0.4, -0.2) is 17.3 Å². The molecule has 4 nitrogen and oxygen atoms in total. The lowest BCUT2D eigenvalue weighted by Gasteiger charge is -2.14. The van der Waals surface area contributed by atoms with Crippen LogP contribution in [0.2, 0.25) is 0 Å². The zero-order valence-corrected chi connectivity index (χ0v) is 18.0. The van der Waals surface area contributed by atoms with Gasteiger partial charge >= 0.3 is 0 Å². The SMILES string of the molecule is COc1cc(C=C2SC(=S)NC2=O)cc(I)c1OCc1ccccc1C. The number of benzene rings is 2. The minimum atomic E-state index is -0.172. The van der Waals surface area contributed by atoms with E-state index < -0.39 is 0 Å². The van der Waals surface area contributed by atoms with Crippen LogP contribution >= 0.6 is 46.6 Å². The Hall–Kier alpha value is -1.58. The molecule has 1 fully saturated rings. The molecule has 0 atom stereocenters. The highest BCUT2D eigenvalue weighted by atomic mass is 127. The largest absolute Gasteiger partial charge is 0.493 e. The first-order valence-corrected chi connectivity index (χ1v) is 10.1. The Morgan fingerprint density at radius 3 is 2.73 bits per heavy atom. The standard InChI is InChI=1S/C19H16INO3S2/c1-11-5-3-4-6-13(11)10-24-17-14(20)7-12(8-15(17)23-2)9-16-18(22)21-19(25)26-16/h3-9H,10H2,1-2H3,(H,21,22,25). The first-order chi connectivity index (χ1) is 12.5. The van der Waals surface area contributed by atoms with Crippen LogP contribution in [0.4, 0.5) is 0 Å². The van der Waals surface area contributed by atoms with E-state index in [4.69, 9.17) is 21.7 Å². The maximum atomic E-state index is 11.8. The molecule has 0 aliphatic carbocycles. The van der Waals surface area contributed by atoms with Gasteiger partial charge in [0.15, 0.2) is 11.5 Å². The van der Waals surface area contributed by atoms with E-state index in [0.29, 0.717) is 27.3 Å². The van der Waals surface area contributed by atoms with E-state index in [1.807, 2.05) is 30.3 Å². The fraction of sp³-hybridized carbons (Fsp3) is 0.158. The second-order valence-electron chi connectivity index (χ2n) is 5.60. The van der Waals surface area contributed by atoms with Gasteiger partial charge in [0.05, 0.1) is 15.6 Å². The molecule has 134 valence electrons. The first kappa shape index (κ1) is 19.2. The van der Waals surface area contributed by atoms with Gasteiger partial charge in [0.25, 0.3) is 5.91 Å². The third-order valence-corrected chi connectivity index (χ3v) is 5.79. The predicted molar refractivity (Wildman–Crippen MR) is 118 cm³/mol. The highest BCUT2D eigenvalue weighted by Gasteiger charge is 2.22. The molecule has 1 amide bonds. The van der Waals surface area contributed by atoms with E-state index in [9.17, 15) is 4.79 Å². The number of thioether (sulfide) groups is 1. The van der Waals surface area contributed by atoms with Gasteiger partial charge in [0.1, 0.15) is 10.9 Å². The quantitative estimate of drug-likeness (QED) is 0.370. The van der Waals surface area contributed by atoms with E-state index in [2.05, 4.69) is 40.9 Å². The van der Waals surface area contributed by atoms with E-state index in [-0.39, 0.29) is 5.91 Å². The van der Waals surface area contributed by atoms with E-state index in [0.717, 1.165) is 14.7 Å². The number of methoxy groups -OCH3 is 1. The average molecular weight is 497 g/mol. The Bertz CT molecular complexity index is 912. The highest BCUT2D eigenvalue weighted by Crippen LogP contribution is 2.36. The molecule has 0 aromatic heterocycles. The average Bonchev–Trinajstić information content (AvgIpc) is 2.92. The zero-order valence-electron chi connectivity index (χ0n) is 14.2. The number of hydrogen-bond acceptors (Lipinski definition) is 5. The molecule has 26 heavy (non-hydrogen) atoms. The zero-order chi connectivity index (χ0) is 18.7. The summed E-state index contributed by atoms with van der Waals surface area (Å²) in [4.78, 5) is 12.4. The van der Waals surface area contributed by atoms with Crippen molar-refractivity contribution in [3.8, 4) is 11.5 Å². The molecule has 2 aromatic carbocycles. The summed E-state index contributed by atoms with van der Waals surface area (Å²) in [7, 11) is 1.61. The number of carbonyl (C=O) groups is 1. The van der Waals surface area contributed by atoms with Crippen LogP contribution < -0.4 is 14.8 Å². The van der Waals surface area contributed by atoms with Crippen molar-refractivity contribution in [1.29, 1.82) is 0 Å². The van der Waals surface area contributed by atoms with Crippen molar-refractivity contribution in [3.05, 3.63) is 61.6 Å². The summed E-state index contributed by atoms with van der Waals surface area (Å²) in [5, 5.41) is 2.61. The van der Waals surface area contributed by atoms with Crippen LogP contribution in [0.25, 0.3) is 6.08 Å². The van der Waals surface area contributed by atoms with E-state index in [1.165, 1.54) is 17.3 Å². The maximum absolute atomic E-state index is 11.8. The van der Waals surface area contributed by atoms with Gasteiger partial charge in [0, 0.05) is 0 Å². The van der Waals surface area contributed by atoms with E-state index >= 15 is 0 Å². The van der Waals surface area contributed by atoms with Gasteiger partial charge in [0.2, 0.25) is 0 Å². The van der Waals surface area contributed by atoms with Gasteiger partial charge in [-0.1, -0.05) is 48.2 Å². The topological polar surface area (TPSA) is 47.6 Å². The van der Waals surface area contributed by atoms with Crippen molar-refractivity contribution in [3.63, 3.8) is 0 Å². The summed E-state index contributed by atoms with van der Waals surface area (Å²) < 4.78 is 12.9.